The lowest BCUT2D eigenvalue weighted by Crippen LogP contribution is -2.51. The van der Waals surface area contributed by atoms with E-state index >= 15 is 0 Å². The molecule has 4 aromatic heterocycles. The Labute approximate surface area is 388 Å². The van der Waals surface area contributed by atoms with E-state index in [0.29, 0.717) is 30.6 Å². The number of unbranched alkanes of at least 4 members (excludes halogenated alkanes) is 2. The first-order valence-electron chi connectivity index (χ1n) is 21.3. The molecule has 0 bridgehead atoms. The number of imide groups is 1. The Morgan fingerprint density at radius 1 is 0.735 bits per heavy atom. The van der Waals surface area contributed by atoms with E-state index in [2.05, 4.69) is 50.8 Å². The second-order valence-corrected chi connectivity index (χ2v) is 15.0. The number of anilines is 2. The summed E-state index contributed by atoms with van der Waals surface area (Å²) in [7, 11) is 1.22. The zero-order chi connectivity index (χ0) is 49.0. The Morgan fingerprint density at radius 3 is 2.01 bits per heavy atom. The van der Waals surface area contributed by atoms with E-state index in [-0.39, 0.29) is 98.0 Å². The van der Waals surface area contributed by atoms with Crippen LogP contribution in [-0.4, -0.2) is 149 Å². The minimum Gasteiger partial charge on any atom is -0.467 e. The number of aliphatic imine (C=N–C) groups is 1. The van der Waals surface area contributed by atoms with Crippen LogP contribution < -0.4 is 38.9 Å². The minimum atomic E-state index is -0.932. The zero-order valence-electron chi connectivity index (χ0n) is 37.3. The van der Waals surface area contributed by atoms with Crippen LogP contribution in [0, 0.1) is 0 Å². The van der Waals surface area contributed by atoms with Gasteiger partial charge in [0.05, 0.1) is 19.8 Å². The summed E-state index contributed by atoms with van der Waals surface area (Å²) in [6, 6.07) is 8.08. The monoisotopic (exact) mass is 942 g/mol. The highest BCUT2D eigenvalue weighted by molar-refractivity contribution is 6.01. The van der Waals surface area contributed by atoms with Crippen molar-refractivity contribution in [2.24, 2.45) is 16.5 Å². The Hall–Kier alpha value is -8.52. The molecule has 0 unspecified atom stereocenters. The maximum atomic E-state index is 14.2. The maximum absolute atomic E-state index is 14.2. The molecule has 0 saturated carbocycles. The van der Waals surface area contributed by atoms with Gasteiger partial charge < -0.3 is 62.4 Å². The van der Waals surface area contributed by atoms with E-state index in [9.17, 15) is 33.6 Å². The van der Waals surface area contributed by atoms with E-state index in [1.807, 2.05) is 6.07 Å². The predicted molar refractivity (Wildman–Crippen MR) is 243 cm³/mol. The van der Waals surface area contributed by atoms with E-state index in [0.717, 1.165) is 10.5 Å². The number of guanidine groups is 1. The standard InChI is InChI=1S/C41H54N18O9/c1-67-39(65)27(11-8-14-47-40(44)45)55-28(60)12-6-3-7-13-46-29(61)17-59(32(64)20-58-25-54-34-36(43)50-23-52-38(34)58)31(63)19-56(16-15-48-41(66)68-21-26-9-4-2-5-10-26)30(62)18-57-24-53-33-35(42)49-22-51-37(33)57/h2,4-5,9-10,22-25,27H,3,6-8,11-21H2,1H3,(H,46,61)(H,48,66)(H,55,60)(H2,42,49,51)(H2,43,50,52)(H4,44,45,47)/t27-/m0/s1. The van der Waals surface area contributed by atoms with Crippen LogP contribution in [0.25, 0.3) is 22.3 Å². The Balaban J connectivity index is 1.23. The molecular formula is C41H54N18O9. The number of hydrogen-bond acceptors (Lipinski definition) is 18. The summed E-state index contributed by atoms with van der Waals surface area (Å²) in [5, 5.41) is 7.91. The van der Waals surface area contributed by atoms with Crippen molar-refractivity contribution in [3.8, 4) is 0 Å². The second kappa shape index (κ2) is 25.2. The van der Waals surface area contributed by atoms with Gasteiger partial charge in [0, 0.05) is 32.6 Å². The summed E-state index contributed by atoms with van der Waals surface area (Å²) in [4.78, 5) is 123. The molecule has 0 spiro atoms. The Kier molecular flexibility index (Phi) is 18.7. The van der Waals surface area contributed by atoms with Gasteiger partial charge in [-0.15, -0.1) is 0 Å². The van der Waals surface area contributed by atoms with Gasteiger partial charge in [-0.2, -0.15) is 0 Å². The molecule has 362 valence electrons. The molecular weight excluding hydrogens is 889 g/mol. The lowest BCUT2D eigenvalue weighted by Gasteiger charge is -2.27. The highest BCUT2D eigenvalue weighted by Gasteiger charge is 2.29. The zero-order valence-corrected chi connectivity index (χ0v) is 37.3. The molecule has 5 rings (SSSR count). The lowest BCUT2D eigenvalue weighted by atomic mass is 10.1. The molecule has 0 aliphatic heterocycles. The number of esters is 1. The van der Waals surface area contributed by atoms with Gasteiger partial charge in [0.15, 0.2) is 28.9 Å². The number of imidazole rings is 2. The first-order valence-corrected chi connectivity index (χ1v) is 21.3. The van der Waals surface area contributed by atoms with Gasteiger partial charge in [0.25, 0.3) is 0 Å². The highest BCUT2D eigenvalue weighted by Crippen LogP contribution is 2.16. The summed E-state index contributed by atoms with van der Waals surface area (Å²) in [6.45, 7) is -2.37. The number of nitrogens with one attached hydrogen (secondary N) is 3. The largest absolute Gasteiger partial charge is 0.467 e. The number of carbonyl (C=O) groups excluding carboxylic acids is 7. The first-order chi connectivity index (χ1) is 32.7. The lowest BCUT2D eigenvalue weighted by molar-refractivity contribution is -0.151. The van der Waals surface area contributed by atoms with Crippen molar-refractivity contribution in [2.75, 3.05) is 57.8 Å². The van der Waals surface area contributed by atoms with Gasteiger partial charge in [0.2, 0.25) is 29.5 Å². The molecule has 4 heterocycles. The fraction of sp³-hybridized carbons (Fsp3) is 0.415. The van der Waals surface area contributed by atoms with Crippen molar-refractivity contribution in [1.82, 2.24) is 64.8 Å². The quantitative estimate of drug-likeness (QED) is 0.0149. The third-order valence-corrected chi connectivity index (χ3v) is 10.1. The van der Waals surface area contributed by atoms with Crippen molar-refractivity contribution < 1.29 is 43.0 Å². The fourth-order valence-corrected chi connectivity index (χ4v) is 6.60. The third-order valence-electron chi connectivity index (χ3n) is 10.1. The van der Waals surface area contributed by atoms with E-state index < -0.39 is 61.4 Å². The van der Waals surface area contributed by atoms with Gasteiger partial charge in [-0.25, -0.2) is 39.5 Å². The number of methoxy groups -OCH3 is 1. The molecule has 1 aromatic carbocycles. The first kappa shape index (κ1) is 50.5. The normalized spacial score (nSPS) is 11.3. The van der Waals surface area contributed by atoms with Crippen molar-refractivity contribution >= 4 is 81.5 Å². The number of carbonyl (C=O) groups is 7. The molecule has 1 atom stereocenters. The summed E-state index contributed by atoms with van der Waals surface area (Å²) in [5.41, 5.74) is 24.2. The van der Waals surface area contributed by atoms with Crippen molar-refractivity contribution in [3.63, 3.8) is 0 Å². The molecule has 11 N–H and O–H groups in total. The number of hydrogen-bond donors (Lipinski definition) is 7. The van der Waals surface area contributed by atoms with Crippen LogP contribution in [0.2, 0.25) is 0 Å². The molecule has 68 heavy (non-hydrogen) atoms. The summed E-state index contributed by atoms with van der Waals surface area (Å²) >= 11 is 0. The van der Waals surface area contributed by atoms with Crippen molar-refractivity contribution in [2.45, 2.75) is 64.3 Å². The number of alkyl carbamates (subject to hydrolysis) is 1. The third kappa shape index (κ3) is 15.0. The Bertz CT molecular complexity index is 2580. The summed E-state index contributed by atoms with van der Waals surface area (Å²) < 4.78 is 12.8. The number of nitrogens with zero attached hydrogens (tertiary/aromatic N) is 11. The van der Waals surface area contributed by atoms with Crippen LogP contribution in [0.5, 0.6) is 0 Å². The molecule has 0 radical (unpaired) electrons. The molecule has 0 aliphatic carbocycles. The number of nitrogen functional groups attached to an aromatic ring is 2. The summed E-state index contributed by atoms with van der Waals surface area (Å²) in [6.07, 6.45) is 6.32. The van der Waals surface area contributed by atoms with Gasteiger partial charge in [-0.3, -0.25) is 33.9 Å². The minimum absolute atomic E-state index is 0.0170. The van der Waals surface area contributed by atoms with Crippen LogP contribution in [0.15, 0.2) is 60.6 Å². The number of ether oxygens (including phenoxy) is 2. The van der Waals surface area contributed by atoms with Crippen LogP contribution in [0.4, 0.5) is 16.4 Å². The second-order valence-electron chi connectivity index (χ2n) is 15.0. The molecule has 6 amide bonds. The number of aromatic nitrogens is 8. The maximum Gasteiger partial charge on any atom is 0.407 e. The summed E-state index contributed by atoms with van der Waals surface area (Å²) in [5.74, 6) is -4.04. The van der Waals surface area contributed by atoms with Crippen LogP contribution >= 0.6 is 0 Å². The average molecular weight is 943 g/mol. The van der Waals surface area contributed by atoms with Crippen LogP contribution in [0.3, 0.4) is 0 Å². The SMILES string of the molecule is COC(=O)[C@H](CCCN=C(N)N)NC(=O)CCCCCNC(=O)CN(C(=O)CN(CCNC(=O)OCc1ccccc1)C(=O)Cn1cnc2c(N)ncnc21)C(=O)Cn1cnc2c(N)ncnc21. The van der Waals surface area contributed by atoms with Gasteiger partial charge >= 0.3 is 12.1 Å². The molecule has 5 aromatic rings. The van der Waals surface area contributed by atoms with Gasteiger partial charge in [-0.05, 0) is 31.2 Å². The molecule has 0 fully saturated rings. The van der Waals surface area contributed by atoms with E-state index in [1.165, 1.54) is 41.6 Å². The van der Waals surface area contributed by atoms with Gasteiger partial charge in [0.1, 0.15) is 62.5 Å². The molecule has 0 saturated heterocycles. The topological polar surface area (TPSA) is 384 Å². The predicted octanol–water partition coefficient (Wildman–Crippen LogP) is -1.67. The van der Waals surface area contributed by atoms with E-state index in [4.69, 9.17) is 32.4 Å². The highest BCUT2D eigenvalue weighted by atomic mass is 16.5. The molecule has 27 heteroatoms. The van der Waals surface area contributed by atoms with Crippen molar-refractivity contribution in [3.05, 3.63) is 61.2 Å². The van der Waals surface area contributed by atoms with Crippen molar-refractivity contribution in [1.29, 1.82) is 0 Å². The number of nitrogens with two attached hydrogens (primary N) is 4. The smallest absolute Gasteiger partial charge is 0.407 e. The fourth-order valence-electron chi connectivity index (χ4n) is 6.60. The van der Waals surface area contributed by atoms with Gasteiger partial charge in [-0.1, -0.05) is 36.8 Å². The Morgan fingerprint density at radius 2 is 1.38 bits per heavy atom. The van der Waals surface area contributed by atoms with Crippen LogP contribution in [0.1, 0.15) is 44.1 Å². The number of benzene rings is 1. The molecule has 0 aliphatic rings. The average Bonchev–Trinajstić information content (AvgIpc) is 3.94. The molecule has 27 nitrogen and oxygen atoms in total. The number of rotatable bonds is 25. The van der Waals surface area contributed by atoms with Crippen LogP contribution in [-0.2, 0) is 57.9 Å². The number of amides is 6. The van der Waals surface area contributed by atoms with E-state index in [1.54, 1.807) is 24.3 Å². The number of fused-ring (bicyclic) bond motifs is 2.